The van der Waals surface area contributed by atoms with Crippen LogP contribution in [0.3, 0.4) is 0 Å². The number of nitrogens with two attached hydrogens (primary N) is 1. The zero-order chi connectivity index (χ0) is 15.2. The number of carbonyl (C=O) groups excluding carboxylic acids is 1. The fourth-order valence-corrected chi connectivity index (χ4v) is 5.47. The van der Waals surface area contributed by atoms with Crippen LogP contribution in [0.2, 0.25) is 0 Å². The first-order chi connectivity index (χ1) is 9.84. The fraction of sp³-hybridized carbons (Fsp3) is 0.643. The van der Waals surface area contributed by atoms with Crippen LogP contribution in [-0.2, 0) is 10.0 Å². The third-order valence-corrected chi connectivity index (χ3v) is 7.30. The van der Waals surface area contributed by atoms with Crippen molar-refractivity contribution in [3.63, 3.8) is 0 Å². The highest BCUT2D eigenvalue weighted by molar-refractivity contribution is 7.91. The van der Waals surface area contributed by atoms with Gasteiger partial charge in [0.15, 0.2) is 0 Å². The lowest BCUT2D eigenvalue weighted by molar-refractivity contribution is 0.0915. The second-order valence-corrected chi connectivity index (χ2v) is 9.00. The number of carbonyl (C=O) groups is 1. The highest BCUT2D eigenvalue weighted by Crippen LogP contribution is 2.49. The Morgan fingerprint density at radius 2 is 2.19 bits per heavy atom. The van der Waals surface area contributed by atoms with Crippen molar-refractivity contribution in [3.8, 4) is 0 Å². The van der Waals surface area contributed by atoms with E-state index in [4.69, 9.17) is 5.14 Å². The summed E-state index contributed by atoms with van der Waals surface area (Å²) in [6, 6.07) is 1.48. The Labute approximate surface area is 129 Å². The minimum atomic E-state index is -3.73. The zero-order valence-corrected chi connectivity index (χ0v) is 13.5. The smallest absolute Gasteiger partial charge is 0.252 e. The molecule has 2 fully saturated rings. The third-order valence-electron chi connectivity index (χ3n) is 4.91. The Hall–Kier alpha value is -0.920. The van der Waals surface area contributed by atoms with Gasteiger partial charge in [-0.3, -0.25) is 4.79 Å². The molecule has 116 valence electrons. The second-order valence-electron chi connectivity index (χ2n) is 6.30. The summed E-state index contributed by atoms with van der Waals surface area (Å²) in [5.74, 6) is 1.93. The molecule has 0 spiro atoms. The maximum Gasteiger partial charge on any atom is 0.252 e. The number of primary sulfonamides is 1. The van der Waals surface area contributed by atoms with Gasteiger partial charge in [-0.05, 0) is 50.0 Å². The molecule has 3 rings (SSSR count). The molecule has 1 aromatic heterocycles. The summed E-state index contributed by atoms with van der Waals surface area (Å²) in [4.78, 5) is 12.2. The number of hydrogen-bond donors (Lipinski definition) is 2. The van der Waals surface area contributed by atoms with Crippen molar-refractivity contribution in [1.82, 2.24) is 5.32 Å². The van der Waals surface area contributed by atoms with Gasteiger partial charge in [-0.15, -0.1) is 11.3 Å². The molecule has 1 heterocycles. The number of hydrogen-bond acceptors (Lipinski definition) is 4. The molecular formula is C14H20N2O3S2. The largest absolute Gasteiger partial charge is 0.349 e. The van der Waals surface area contributed by atoms with Crippen LogP contribution in [0, 0.1) is 17.8 Å². The van der Waals surface area contributed by atoms with Crippen molar-refractivity contribution >= 4 is 27.3 Å². The lowest BCUT2D eigenvalue weighted by atomic mass is 9.84. The van der Waals surface area contributed by atoms with Crippen LogP contribution >= 0.6 is 11.3 Å². The Kier molecular flexibility index (Phi) is 3.83. The van der Waals surface area contributed by atoms with Crippen LogP contribution in [0.1, 0.15) is 43.0 Å². The van der Waals surface area contributed by atoms with E-state index in [2.05, 4.69) is 12.2 Å². The molecule has 7 heteroatoms. The predicted molar refractivity (Wildman–Crippen MR) is 81.6 cm³/mol. The highest BCUT2D eigenvalue weighted by Gasteiger charge is 2.42. The van der Waals surface area contributed by atoms with E-state index in [1.165, 1.54) is 31.7 Å². The van der Waals surface area contributed by atoms with E-state index in [1.807, 2.05) is 0 Å². The molecule has 2 aliphatic carbocycles. The summed E-state index contributed by atoms with van der Waals surface area (Å²) in [7, 11) is -3.73. The van der Waals surface area contributed by atoms with Crippen molar-refractivity contribution in [2.75, 3.05) is 0 Å². The highest BCUT2D eigenvalue weighted by atomic mass is 32.2. The molecule has 4 atom stereocenters. The molecule has 21 heavy (non-hydrogen) atoms. The fourth-order valence-electron chi connectivity index (χ4n) is 3.89. The molecule has 1 aromatic rings. The first-order valence-electron chi connectivity index (χ1n) is 7.27. The Bertz CT molecular complexity index is 653. The summed E-state index contributed by atoms with van der Waals surface area (Å²) in [6.45, 7) is 2.05. The van der Waals surface area contributed by atoms with Crippen molar-refractivity contribution in [2.45, 2.75) is 42.9 Å². The lowest BCUT2D eigenvalue weighted by Crippen LogP contribution is -2.40. The molecule has 2 aliphatic rings. The molecule has 1 amide bonds. The number of rotatable bonds is 4. The molecule has 3 N–H and O–H groups in total. The van der Waals surface area contributed by atoms with Crippen molar-refractivity contribution < 1.29 is 13.2 Å². The average Bonchev–Trinajstić information content (AvgIpc) is 3.13. The number of fused-ring (bicyclic) bond motifs is 2. The number of sulfonamides is 1. The summed E-state index contributed by atoms with van der Waals surface area (Å²) < 4.78 is 22.5. The van der Waals surface area contributed by atoms with E-state index in [1.54, 1.807) is 5.38 Å². The topological polar surface area (TPSA) is 89.3 Å². The van der Waals surface area contributed by atoms with Crippen molar-refractivity contribution in [2.24, 2.45) is 22.9 Å². The minimum Gasteiger partial charge on any atom is -0.349 e. The monoisotopic (exact) mass is 328 g/mol. The Balaban J connectivity index is 1.65. The summed E-state index contributed by atoms with van der Waals surface area (Å²) in [5.41, 5.74) is 0.374. The van der Waals surface area contributed by atoms with Gasteiger partial charge < -0.3 is 5.32 Å². The van der Waals surface area contributed by atoms with E-state index in [9.17, 15) is 13.2 Å². The summed E-state index contributed by atoms with van der Waals surface area (Å²) in [6.07, 6.45) is 5.13. The molecular weight excluding hydrogens is 308 g/mol. The maximum atomic E-state index is 12.2. The average molecular weight is 328 g/mol. The molecule has 0 radical (unpaired) electrons. The van der Waals surface area contributed by atoms with Gasteiger partial charge in [0.2, 0.25) is 10.0 Å². The van der Waals surface area contributed by atoms with E-state index >= 15 is 0 Å². The quantitative estimate of drug-likeness (QED) is 0.885. The third kappa shape index (κ3) is 3.00. The second kappa shape index (κ2) is 5.37. The van der Waals surface area contributed by atoms with E-state index in [0.29, 0.717) is 11.5 Å². The van der Waals surface area contributed by atoms with Gasteiger partial charge >= 0.3 is 0 Å². The molecule has 0 aromatic carbocycles. The summed E-state index contributed by atoms with van der Waals surface area (Å²) >= 11 is 0.982. The Morgan fingerprint density at radius 1 is 1.43 bits per heavy atom. The molecule has 0 saturated heterocycles. The van der Waals surface area contributed by atoms with Crippen LogP contribution < -0.4 is 10.5 Å². The zero-order valence-electron chi connectivity index (χ0n) is 11.9. The lowest BCUT2D eigenvalue weighted by Gasteiger charge is -2.28. The van der Waals surface area contributed by atoms with E-state index in [0.717, 1.165) is 23.2 Å². The van der Waals surface area contributed by atoms with Crippen molar-refractivity contribution in [1.29, 1.82) is 0 Å². The molecule has 5 nitrogen and oxygen atoms in total. The SMILES string of the molecule is C[C@H](NC(=O)c1csc(S(N)(=O)=O)c1)[C@@H]1C[C@H]2CC[C@H]1C2. The van der Waals surface area contributed by atoms with Gasteiger partial charge in [-0.1, -0.05) is 6.42 Å². The first-order valence-corrected chi connectivity index (χ1v) is 9.69. The minimum absolute atomic E-state index is 0.0280. The maximum absolute atomic E-state index is 12.2. The van der Waals surface area contributed by atoms with Gasteiger partial charge in [-0.2, -0.15) is 0 Å². The van der Waals surface area contributed by atoms with Crippen LogP contribution in [0.5, 0.6) is 0 Å². The number of thiophene rings is 1. The molecule has 0 aliphatic heterocycles. The standard InChI is InChI=1S/C14H20N2O3S2/c1-8(12-5-9-2-3-10(12)4-9)16-14(17)11-6-13(20-7-11)21(15,18)19/h6-10,12H,2-5H2,1H3,(H,16,17)(H2,15,18,19)/t8-,9-,10-,12-/m0/s1. The Morgan fingerprint density at radius 3 is 2.71 bits per heavy atom. The normalized spacial score (nSPS) is 29.5. The van der Waals surface area contributed by atoms with Crippen LogP contribution in [0.4, 0.5) is 0 Å². The van der Waals surface area contributed by atoms with Gasteiger partial charge in [0.1, 0.15) is 4.21 Å². The van der Waals surface area contributed by atoms with Gasteiger partial charge in [-0.25, -0.2) is 13.6 Å². The molecule has 2 saturated carbocycles. The predicted octanol–water partition coefficient (Wildman–Crippen LogP) is 1.95. The molecule has 0 unspecified atom stereocenters. The van der Waals surface area contributed by atoms with Crippen molar-refractivity contribution in [3.05, 3.63) is 17.0 Å². The van der Waals surface area contributed by atoms with Gasteiger partial charge in [0.25, 0.3) is 5.91 Å². The number of amides is 1. The molecule has 2 bridgehead atoms. The van der Waals surface area contributed by atoms with Crippen LogP contribution in [0.25, 0.3) is 0 Å². The van der Waals surface area contributed by atoms with E-state index < -0.39 is 10.0 Å². The van der Waals surface area contributed by atoms with E-state index in [-0.39, 0.29) is 16.2 Å². The van der Waals surface area contributed by atoms with Gasteiger partial charge in [0.05, 0.1) is 5.56 Å². The van der Waals surface area contributed by atoms with Crippen LogP contribution in [0.15, 0.2) is 15.7 Å². The van der Waals surface area contributed by atoms with Crippen LogP contribution in [-0.4, -0.2) is 20.4 Å². The van der Waals surface area contributed by atoms with Gasteiger partial charge in [0, 0.05) is 11.4 Å². The number of nitrogens with one attached hydrogen (secondary N) is 1. The summed E-state index contributed by atoms with van der Waals surface area (Å²) in [5, 5.41) is 9.63. The first kappa shape index (κ1) is 15.0.